The number of hydrogen-bond acceptors (Lipinski definition) is 5. The van der Waals surface area contributed by atoms with Gasteiger partial charge in [0.25, 0.3) is 0 Å². The molecule has 0 saturated heterocycles. The first-order chi connectivity index (χ1) is 30.1. The minimum Gasteiger partial charge on any atom is -0.318 e. The van der Waals surface area contributed by atoms with Gasteiger partial charge in [-0.1, -0.05) is 151 Å². The Morgan fingerprint density at radius 2 is 1.07 bits per heavy atom. The summed E-state index contributed by atoms with van der Waals surface area (Å²) in [5, 5.41) is 13.2. The van der Waals surface area contributed by atoms with E-state index in [-0.39, 0.29) is 0 Å². The number of benzene rings is 8. The van der Waals surface area contributed by atoms with E-state index in [1.807, 2.05) is 90.6 Å². The summed E-state index contributed by atoms with van der Waals surface area (Å²) in [6.45, 7) is 8.66. The summed E-state index contributed by atoms with van der Waals surface area (Å²) in [5.41, 5.74) is 12.0. The summed E-state index contributed by atoms with van der Waals surface area (Å²) in [6.07, 6.45) is 0. The van der Waals surface area contributed by atoms with Crippen LogP contribution in [-0.2, 0) is 5.41 Å². The van der Waals surface area contributed by atoms with Crippen molar-refractivity contribution >= 4 is 39.3 Å². The number of hydrogen-bond donors (Lipinski definition) is 0. The molecule has 0 unspecified atom stereocenters. The zero-order chi connectivity index (χ0) is 40.7. The van der Waals surface area contributed by atoms with E-state index in [9.17, 15) is 5.26 Å². The van der Waals surface area contributed by atoms with Gasteiger partial charge in [-0.3, -0.25) is 0 Å². The predicted molar refractivity (Wildman–Crippen MR) is 243 cm³/mol. The molecule has 61 heavy (non-hydrogen) atoms. The Hall–Kier alpha value is -8.10. The van der Waals surface area contributed by atoms with Gasteiger partial charge in [0, 0.05) is 37.3 Å². The summed E-state index contributed by atoms with van der Waals surface area (Å²) in [4.78, 5) is 21.4. The van der Waals surface area contributed by atoms with Crippen LogP contribution in [0, 0.1) is 17.9 Å². The van der Waals surface area contributed by atoms with Crippen LogP contribution in [-0.4, -0.2) is 19.5 Å². The van der Waals surface area contributed by atoms with Crippen molar-refractivity contribution in [2.75, 3.05) is 0 Å². The fraction of sp³-hybridized carbons (Fsp3) is 0.0185. The lowest BCUT2D eigenvalue weighted by Crippen LogP contribution is -2.31. The second kappa shape index (κ2) is 13.5. The Morgan fingerprint density at radius 3 is 1.70 bits per heavy atom. The topological polar surface area (TPSA) is 71.8 Å². The Bertz CT molecular complexity index is 3400. The molecule has 2 aliphatic rings. The number of aromatic nitrogens is 4. The van der Waals surface area contributed by atoms with E-state index < -0.39 is 5.41 Å². The highest BCUT2D eigenvalue weighted by Crippen LogP contribution is 2.63. The van der Waals surface area contributed by atoms with Gasteiger partial charge >= 0.3 is 0 Å². The molecule has 12 rings (SSSR count). The molecular formula is C54H30N6S. The predicted octanol–water partition coefficient (Wildman–Crippen LogP) is 13.2. The van der Waals surface area contributed by atoms with Crippen LogP contribution in [0.5, 0.6) is 0 Å². The van der Waals surface area contributed by atoms with Gasteiger partial charge in [0.15, 0.2) is 17.5 Å². The fourth-order valence-electron chi connectivity index (χ4n) is 9.65. The van der Waals surface area contributed by atoms with Crippen LogP contribution >= 0.6 is 11.8 Å². The van der Waals surface area contributed by atoms with Crippen LogP contribution in [0.1, 0.15) is 27.8 Å². The lowest BCUT2D eigenvalue weighted by molar-refractivity contribution is 0.723. The second-order valence-electron chi connectivity index (χ2n) is 15.3. The second-order valence-corrected chi connectivity index (χ2v) is 16.4. The maximum Gasteiger partial charge on any atom is 0.212 e. The van der Waals surface area contributed by atoms with Crippen molar-refractivity contribution < 1.29 is 0 Å². The first-order valence-corrected chi connectivity index (χ1v) is 20.8. The molecule has 6 nitrogen and oxygen atoms in total. The van der Waals surface area contributed by atoms with Crippen molar-refractivity contribution in [2.45, 2.75) is 15.2 Å². The highest BCUT2D eigenvalue weighted by Gasteiger charge is 2.50. The van der Waals surface area contributed by atoms with Crippen LogP contribution in [0.4, 0.5) is 5.69 Å². The van der Waals surface area contributed by atoms with Gasteiger partial charge in [-0.2, -0.15) is 5.26 Å². The molecular weight excluding hydrogens is 765 g/mol. The first kappa shape index (κ1) is 34.9. The molecule has 10 aromatic rings. The Morgan fingerprint density at radius 1 is 0.508 bits per heavy atom. The molecule has 1 aliphatic heterocycles. The smallest absolute Gasteiger partial charge is 0.212 e. The van der Waals surface area contributed by atoms with Crippen LogP contribution in [0.25, 0.3) is 77.6 Å². The molecule has 0 bridgehead atoms. The Balaban J connectivity index is 1.14. The first-order valence-electron chi connectivity index (χ1n) is 20.0. The standard InChI is InChI=1S/C54H30N6S/c1-56-45-29-35(53-58-51(33-16-4-2-5-17-33)57-52(59-53)34-18-6-3-7-19-34)28-36(32-55)50(45)60-46-25-13-9-21-38(46)40-30-39-37-20-8-10-22-41(37)54(44(39)31-47(40)60)42-23-11-14-26-48(42)61-49-27-15-12-24-43(49)54/h2-31H. The van der Waals surface area contributed by atoms with E-state index in [4.69, 9.17) is 21.5 Å². The Labute approximate surface area is 355 Å². The highest BCUT2D eigenvalue weighted by molar-refractivity contribution is 7.99. The number of nitrogens with zero attached hydrogens (tertiary/aromatic N) is 6. The van der Waals surface area contributed by atoms with Crippen molar-refractivity contribution in [3.8, 4) is 57.0 Å². The monoisotopic (exact) mass is 794 g/mol. The minimum atomic E-state index is -0.587. The molecule has 1 aliphatic carbocycles. The molecule has 0 radical (unpaired) electrons. The maximum atomic E-state index is 11.1. The van der Waals surface area contributed by atoms with E-state index in [0.29, 0.717) is 40.0 Å². The van der Waals surface area contributed by atoms with E-state index >= 15 is 0 Å². The summed E-state index contributed by atoms with van der Waals surface area (Å²) < 4.78 is 2.13. The molecule has 282 valence electrons. The third-order valence-electron chi connectivity index (χ3n) is 12.2. The van der Waals surface area contributed by atoms with Gasteiger partial charge in [-0.05, 0) is 75.8 Å². The molecule has 0 N–H and O–H groups in total. The van der Waals surface area contributed by atoms with Crippen LogP contribution in [0.15, 0.2) is 192 Å². The van der Waals surface area contributed by atoms with Crippen molar-refractivity contribution in [3.63, 3.8) is 0 Å². The third-order valence-corrected chi connectivity index (χ3v) is 13.3. The largest absolute Gasteiger partial charge is 0.318 e. The summed E-state index contributed by atoms with van der Waals surface area (Å²) >= 11 is 1.82. The number of fused-ring (bicyclic) bond motifs is 12. The van der Waals surface area contributed by atoms with Crippen LogP contribution < -0.4 is 0 Å². The quantitative estimate of drug-likeness (QED) is 0.166. The minimum absolute atomic E-state index is 0.322. The van der Waals surface area contributed by atoms with Gasteiger partial charge in [-0.25, -0.2) is 19.8 Å². The van der Waals surface area contributed by atoms with E-state index in [2.05, 4.69) is 119 Å². The molecule has 1 spiro atoms. The fourth-order valence-corrected chi connectivity index (χ4v) is 10.8. The molecule has 3 heterocycles. The average Bonchev–Trinajstić information content (AvgIpc) is 3.80. The Kier molecular flexibility index (Phi) is 7.71. The van der Waals surface area contributed by atoms with Gasteiger partial charge in [0.2, 0.25) is 5.69 Å². The zero-order valence-electron chi connectivity index (χ0n) is 32.4. The average molecular weight is 795 g/mol. The summed E-state index contributed by atoms with van der Waals surface area (Å²) in [6, 6.07) is 65.0. The van der Waals surface area contributed by atoms with Crippen molar-refractivity contribution in [2.24, 2.45) is 0 Å². The third kappa shape index (κ3) is 5.05. The molecule has 8 aromatic carbocycles. The van der Waals surface area contributed by atoms with Crippen molar-refractivity contribution in [3.05, 3.63) is 221 Å². The molecule has 7 heteroatoms. The lowest BCUT2D eigenvalue weighted by Gasteiger charge is -2.39. The SMILES string of the molecule is [C-]#[N+]c1cc(-c2nc(-c3ccccc3)nc(-c3ccccc3)n2)cc(C#N)c1-n1c2ccccc2c2cc3c(cc21)C1(c2ccccc2Sc2ccccc21)c1ccccc1-3. The molecule has 0 fully saturated rings. The molecule has 0 atom stereocenters. The summed E-state index contributed by atoms with van der Waals surface area (Å²) in [5.74, 6) is 1.39. The van der Waals surface area contributed by atoms with Crippen LogP contribution in [0.3, 0.4) is 0 Å². The lowest BCUT2D eigenvalue weighted by atomic mass is 9.67. The number of rotatable bonds is 4. The normalized spacial score (nSPS) is 13.0. The van der Waals surface area contributed by atoms with E-state index in [0.717, 1.165) is 32.9 Å². The molecule has 2 aromatic heterocycles. The van der Waals surface area contributed by atoms with E-state index in [1.54, 1.807) is 0 Å². The van der Waals surface area contributed by atoms with Gasteiger partial charge in [0.05, 0.1) is 40.3 Å². The molecule has 0 amide bonds. The van der Waals surface area contributed by atoms with Gasteiger partial charge < -0.3 is 4.57 Å². The van der Waals surface area contributed by atoms with Gasteiger partial charge in [0.1, 0.15) is 0 Å². The van der Waals surface area contributed by atoms with E-state index in [1.165, 1.54) is 43.2 Å². The maximum absolute atomic E-state index is 11.1. The number of nitriles is 1. The van der Waals surface area contributed by atoms with Crippen molar-refractivity contribution in [1.82, 2.24) is 19.5 Å². The number of para-hydroxylation sites is 1. The zero-order valence-corrected chi connectivity index (χ0v) is 33.2. The molecule has 0 saturated carbocycles. The summed E-state index contributed by atoms with van der Waals surface area (Å²) in [7, 11) is 0. The van der Waals surface area contributed by atoms with Gasteiger partial charge in [-0.15, -0.1) is 0 Å². The van der Waals surface area contributed by atoms with Crippen molar-refractivity contribution in [1.29, 1.82) is 5.26 Å². The highest BCUT2D eigenvalue weighted by atomic mass is 32.2. The van der Waals surface area contributed by atoms with Crippen LogP contribution in [0.2, 0.25) is 0 Å².